The van der Waals surface area contributed by atoms with Gasteiger partial charge in [-0.3, -0.25) is 4.79 Å². The van der Waals surface area contributed by atoms with Crippen molar-refractivity contribution in [2.45, 2.75) is 63.8 Å². The van der Waals surface area contributed by atoms with E-state index < -0.39 is 18.2 Å². The average molecular weight is 384 g/mol. The van der Waals surface area contributed by atoms with E-state index in [1.165, 1.54) is 0 Å². The molecule has 1 aromatic carbocycles. The van der Waals surface area contributed by atoms with Gasteiger partial charge in [0.1, 0.15) is 11.9 Å². The van der Waals surface area contributed by atoms with Crippen molar-refractivity contribution >= 4 is 5.97 Å². The Labute approximate surface area is 166 Å². The Morgan fingerprint density at radius 3 is 2.93 bits per heavy atom. The number of aliphatic hydroxyl groups is 2. The van der Waals surface area contributed by atoms with Gasteiger partial charge in [0.2, 0.25) is 0 Å². The third-order valence-electron chi connectivity index (χ3n) is 5.81. The molecule has 0 radical (unpaired) electrons. The molecule has 6 atom stereocenters. The maximum atomic E-state index is 10.9. The summed E-state index contributed by atoms with van der Waals surface area (Å²) in [6.45, 7) is 3.74. The molecule has 150 valence electrons. The predicted molar refractivity (Wildman–Crippen MR) is 106 cm³/mol. The number of rotatable bonds is 7. The van der Waals surface area contributed by atoms with E-state index in [1.807, 2.05) is 31.2 Å². The van der Waals surface area contributed by atoms with Crippen LogP contribution in [0.25, 0.3) is 0 Å². The molecular formula is C23H28O5. The Morgan fingerprint density at radius 2 is 2.21 bits per heavy atom. The third-order valence-corrected chi connectivity index (χ3v) is 5.81. The minimum atomic E-state index is -0.831. The third kappa shape index (κ3) is 4.24. The van der Waals surface area contributed by atoms with Crippen LogP contribution in [0.15, 0.2) is 30.4 Å². The zero-order valence-electron chi connectivity index (χ0n) is 16.3. The maximum absolute atomic E-state index is 10.9. The maximum Gasteiger partial charge on any atom is 0.303 e. The number of ether oxygens (including phenoxy) is 1. The second-order valence-corrected chi connectivity index (χ2v) is 7.78. The van der Waals surface area contributed by atoms with Gasteiger partial charge in [0.25, 0.3) is 0 Å². The van der Waals surface area contributed by atoms with E-state index in [0.717, 1.165) is 16.9 Å². The molecule has 1 unspecified atom stereocenters. The summed E-state index contributed by atoms with van der Waals surface area (Å²) in [4.78, 5) is 10.9. The lowest BCUT2D eigenvalue weighted by molar-refractivity contribution is -0.136. The van der Waals surface area contributed by atoms with Crippen molar-refractivity contribution in [3.63, 3.8) is 0 Å². The standard InChI is InChI=1S/C23H28O5/c1-3-4-6-14(2)18(24)11-10-16-19(25)13-20-22(16)17-8-5-7-15(23(17)28-20)9-12-21(26)27/h5,7-8,10-11,14,16,18-20,22,24-25H,6,9,12-13H2,1-2H3,(H,26,27)/b11-10+/t14-,16-,18+,19+,20-,22?/m1/s1. The lowest BCUT2D eigenvalue weighted by Crippen LogP contribution is -2.19. The SMILES string of the molecule is CC#CC[C@@H](C)[C@@H](O)/C=C/[C@H]1C2c3cccc(CCC(=O)O)c3O[C@@H]2C[C@@H]1O. The Kier molecular flexibility index (Phi) is 6.43. The lowest BCUT2D eigenvalue weighted by Gasteiger charge is -2.19. The lowest BCUT2D eigenvalue weighted by atomic mass is 9.86. The fourth-order valence-electron chi connectivity index (χ4n) is 4.22. The van der Waals surface area contributed by atoms with Crippen LogP contribution >= 0.6 is 0 Å². The highest BCUT2D eigenvalue weighted by molar-refractivity contribution is 5.67. The monoisotopic (exact) mass is 384 g/mol. The van der Waals surface area contributed by atoms with E-state index >= 15 is 0 Å². The van der Waals surface area contributed by atoms with Gasteiger partial charge in [-0.05, 0) is 24.8 Å². The van der Waals surface area contributed by atoms with Gasteiger partial charge >= 0.3 is 5.97 Å². The number of fused-ring (bicyclic) bond motifs is 3. The minimum Gasteiger partial charge on any atom is -0.489 e. The van der Waals surface area contributed by atoms with Crippen LogP contribution in [-0.4, -0.2) is 39.6 Å². The van der Waals surface area contributed by atoms with Crippen molar-refractivity contribution < 1.29 is 24.9 Å². The van der Waals surface area contributed by atoms with Gasteiger partial charge in [-0.1, -0.05) is 37.3 Å². The highest BCUT2D eigenvalue weighted by Crippen LogP contribution is 2.52. The van der Waals surface area contributed by atoms with Gasteiger partial charge in [-0.15, -0.1) is 11.8 Å². The van der Waals surface area contributed by atoms with Crippen molar-refractivity contribution in [3.8, 4) is 17.6 Å². The number of para-hydroxylation sites is 1. The van der Waals surface area contributed by atoms with E-state index in [9.17, 15) is 15.0 Å². The van der Waals surface area contributed by atoms with Gasteiger partial charge in [-0.25, -0.2) is 0 Å². The summed E-state index contributed by atoms with van der Waals surface area (Å²) in [5.74, 6) is 5.67. The summed E-state index contributed by atoms with van der Waals surface area (Å²) in [5, 5.41) is 29.9. The first kappa shape index (κ1) is 20.4. The van der Waals surface area contributed by atoms with E-state index in [1.54, 1.807) is 13.0 Å². The molecule has 1 aromatic rings. The first-order chi connectivity index (χ1) is 13.4. The van der Waals surface area contributed by atoms with Crippen LogP contribution in [0.5, 0.6) is 5.75 Å². The molecule has 0 aromatic heterocycles. The van der Waals surface area contributed by atoms with Crippen molar-refractivity contribution in [1.82, 2.24) is 0 Å². The molecule has 2 aliphatic rings. The van der Waals surface area contributed by atoms with Gasteiger partial charge in [0, 0.05) is 36.7 Å². The Balaban J connectivity index is 1.78. The number of hydrogen-bond acceptors (Lipinski definition) is 4. The molecule has 1 aliphatic heterocycles. The summed E-state index contributed by atoms with van der Waals surface area (Å²) in [6.07, 6.45) is 4.06. The highest BCUT2D eigenvalue weighted by atomic mass is 16.5. The van der Waals surface area contributed by atoms with Gasteiger partial charge < -0.3 is 20.1 Å². The van der Waals surface area contributed by atoms with Crippen molar-refractivity contribution in [2.24, 2.45) is 11.8 Å². The first-order valence-electron chi connectivity index (χ1n) is 9.86. The Bertz CT molecular complexity index is 803. The number of hydrogen-bond donors (Lipinski definition) is 3. The quantitative estimate of drug-likeness (QED) is 0.497. The molecule has 5 heteroatoms. The van der Waals surface area contributed by atoms with Crippen molar-refractivity contribution in [1.29, 1.82) is 0 Å². The molecule has 1 aliphatic carbocycles. The molecule has 1 heterocycles. The van der Waals surface area contributed by atoms with Crippen LogP contribution < -0.4 is 4.74 Å². The summed E-state index contributed by atoms with van der Waals surface area (Å²) in [6, 6.07) is 5.83. The molecule has 0 bridgehead atoms. The minimum absolute atomic E-state index is 0.0176. The fraction of sp³-hybridized carbons (Fsp3) is 0.522. The summed E-state index contributed by atoms with van der Waals surface area (Å²) in [5.41, 5.74) is 1.93. The van der Waals surface area contributed by atoms with E-state index in [2.05, 4.69) is 11.8 Å². The summed E-state index contributed by atoms with van der Waals surface area (Å²) < 4.78 is 6.13. The average Bonchev–Trinajstić information content (AvgIpc) is 3.17. The normalized spacial score (nSPS) is 27.4. The molecule has 28 heavy (non-hydrogen) atoms. The number of carbonyl (C=O) groups is 1. The van der Waals surface area contributed by atoms with Crippen LogP contribution in [0.3, 0.4) is 0 Å². The summed E-state index contributed by atoms with van der Waals surface area (Å²) in [7, 11) is 0. The van der Waals surface area contributed by atoms with Crippen molar-refractivity contribution in [3.05, 3.63) is 41.5 Å². The Hall–Kier alpha value is -2.29. The Morgan fingerprint density at radius 1 is 1.43 bits per heavy atom. The van der Waals surface area contributed by atoms with Gasteiger partial charge in [-0.2, -0.15) is 0 Å². The number of carboxylic acid groups (broad SMARTS) is 1. The fourth-order valence-corrected chi connectivity index (χ4v) is 4.22. The molecule has 3 rings (SSSR count). The second kappa shape index (κ2) is 8.81. The molecule has 0 saturated heterocycles. The van der Waals surface area contributed by atoms with Crippen LogP contribution in [0.1, 0.15) is 50.2 Å². The molecule has 3 N–H and O–H groups in total. The van der Waals surface area contributed by atoms with E-state index in [0.29, 0.717) is 19.3 Å². The topological polar surface area (TPSA) is 87.0 Å². The summed E-state index contributed by atoms with van der Waals surface area (Å²) >= 11 is 0. The van der Waals surface area contributed by atoms with Crippen LogP contribution in [0.2, 0.25) is 0 Å². The highest BCUT2D eigenvalue weighted by Gasteiger charge is 2.48. The zero-order valence-corrected chi connectivity index (χ0v) is 16.3. The van der Waals surface area contributed by atoms with Gasteiger partial charge in [0.05, 0.1) is 12.2 Å². The second-order valence-electron chi connectivity index (χ2n) is 7.78. The molecular weight excluding hydrogens is 356 g/mol. The molecule has 0 amide bonds. The van der Waals surface area contributed by atoms with Crippen LogP contribution in [0, 0.1) is 23.7 Å². The van der Waals surface area contributed by atoms with Crippen molar-refractivity contribution in [2.75, 3.05) is 0 Å². The zero-order chi connectivity index (χ0) is 20.3. The van der Waals surface area contributed by atoms with Crippen LogP contribution in [0.4, 0.5) is 0 Å². The number of aliphatic hydroxyl groups excluding tert-OH is 2. The number of benzene rings is 1. The van der Waals surface area contributed by atoms with Crippen LogP contribution in [-0.2, 0) is 11.2 Å². The first-order valence-corrected chi connectivity index (χ1v) is 9.86. The molecule has 1 fully saturated rings. The van der Waals surface area contributed by atoms with E-state index in [4.69, 9.17) is 9.84 Å². The van der Waals surface area contributed by atoms with E-state index in [-0.39, 0.29) is 30.3 Å². The van der Waals surface area contributed by atoms with Gasteiger partial charge in [0.15, 0.2) is 0 Å². The number of aliphatic carboxylic acids is 1. The smallest absolute Gasteiger partial charge is 0.303 e. The molecule has 0 spiro atoms. The molecule has 5 nitrogen and oxygen atoms in total. The predicted octanol–water partition coefficient (Wildman–Crippen LogP) is 2.90. The largest absolute Gasteiger partial charge is 0.489 e. The number of carboxylic acids is 1. The molecule has 1 saturated carbocycles. The number of aryl methyl sites for hydroxylation is 1.